The molecule has 0 unspecified atom stereocenters. The number of morpholine rings is 1. The molecule has 2 heterocycles. The Morgan fingerprint density at radius 1 is 0.971 bits per heavy atom. The summed E-state index contributed by atoms with van der Waals surface area (Å²) < 4.78 is 7.37. The Morgan fingerprint density at radius 3 is 2.26 bits per heavy atom. The average Bonchev–Trinajstić information content (AvgIpc) is 3.24. The molecular formula is C28H35N3O4. The molecule has 4 rings (SSSR count). The predicted molar refractivity (Wildman–Crippen MR) is 137 cm³/mol. The lowest BCUT2D eigenvalue weighted by atomic mass is 9.97. The van der Waals surface area contributed by atoms with E-state index in [-0.39, 0.29) is 23.3 Å². The number of hydrogen-bond donors (Lipinski definition) is 3. The van der Waals surface area contributed by atoms with Crippen LogP contribution in [0.25, 0.3) is 11.3 Å². The minimum absolute atomic E-state index is 0.0189. The third-order valence-corrected chi connectivity index (χ3v) is 6.47. The first kappa shape index (κ1) is 24.8. The highest BCUT2D eigenvalue weighted by Gasteiger charge is 2.20. The second kappa shape index (κ2) is 11.0. The molecule has 0 radical (unpaired) electrons. The van der Waals surface area contributed by atoms with Crippen molar-refractivity contribution in [2.45, 2.75) is 39.8 Å². The summed E-state index contributed by atoms with van der Waals surface area (Å²) in [5.41, 5.74) is 4.88. The van der Waals surface area contributed by atoms with Crippen LogP contribution in [0.2, 0.25) is 0 Å². The monoisotopic (exact) mass is 477 g/mol. The molecule has 1 aliphatic heterocycles. The van der Waals surface area contributed by atoms with E-state index in [0.29, 0.717) is 24.3 Å². The largest absolute Gasteiger partial charge is 0.508 e. The van der Waals surface area contributed by atoms with Crippen LogP contribution in [0, 0.1) is 0 Å². The van der Waals surface area contributed by atoms with Crippen molar-refractivity contribution in [3.63, 3.8) is 0 Å². The lowest BCUT2D eigenvalue weighted by Gasteiger charge is -2.26. The van der Waals surface area contributed by atoms with E-state index in [2.05, 4.69) is 34.5 Å². The summed E-state index contributed by atoms with van der Waals surface area (Å²) >= 11 is 0. The van der Waals surface area contributed by atoms with Gasteiger partial charge in [0.15, 0.2) is 0 Å². The van der Waals surface area contributed by atoms with Crippen molar-refractivity contribution in [3.8, 4) is 22.8 Å². The number of carbonyl (C=O) groups is 1. The van der Waals surface area contributed by atoms with E-state index in [9.17, 15) is 15.0 Å². The molecule has 1 aromatic heterocycles. The molecule has 3 aromatic rings. The van der Waals surface area contributed by atoms with Crippen molar-refractivity contribution in [1.82, 2.24) is 14.8 Å². The van der Waals surface area contributed by atoms with Gasteiger partial charge in [0, 0.05) is 44.4 Å². The normalized spacial score (nSPS) is 14.4. The number of nitrogens with zero attached hydrogens (tertiary/aromatic N) is 2. The summed E-state index contributed by atoms with van der Waals surface area (Å²) in [6, 6.07) is 15.3. The number of amides is 1. The molecule has 0 saturated carbocycles. The molecule has 2 aromatic carbocycles. The number of phenols is 2. The molecule has 186 valence electrons. The first-order valence-corrected chi connectivity index (χ1v) is 12.3. The number of rotatable bonds is 8. The fourth-order valence-electron chi connectivity index (χ4n) is 4.53. The second-order valence-corrected chi connectivity index (χ2v) is 9.34. The van der Waals surface area contributed by atoms with Crippen LogP contribution >= 0.6 is 0 Å². The van der Waals surface area contributed by atoms with E-state index in [0.717, 1.165) is 49.7 Å². The Hall–Kier alpha value is -3.29. The molecule has 1 amide bonds. The van der Waals surface area contributed by atoms with Crippen LogP contribution < -0.4 is 5.32 Å². The Balaban J connectivity index is 1.66. The lowest BCUT2D eigenvalue weighted by molar-refractivity contribution is 0.0342. The van der Waals surface area contributed by atoms with Crippen LogP contribution in [-0.2, 0) is 17.8 Å². The third kappa shape index (κ3) is 5.69. The van der Waals surface area contributed by atoms with E-state index in [4.69, 9.17) is 4.74 Å². The molecule has 0 bridgehead atoms. The fraction of sp³-hybridized carbons (Fsp3) is 0.393. The number of phenolic OH excluding ortho intramolecular Hbond substituents is 2. The van der Waals surface area contributed by atoms with Crippen molar-refractivity contribution >= 4 is 5.91 Å². The van der Waals surface area contributed by atoms with E-state index in [1.54, 1.807) is 6.07 Å². The summed E-state index contributed by atoms with van der Waals surface area (Å²) in [5.74, 6) is -0.0293. The zero-order chi connectivity index (χ0) is 24.9. The summed E-state index contributed by atoms with van der Waals surface area (Å²) in [5, 5.41) is 23.9. The van der Waals surface area contributed by atoms with Gasteiger partial charge in [-0.25, -0.2) is 0 Å². The second-order valence-electron chi connectivity index (χ2n) is 9.34. The molecule has 35 heavy (non-hydrogen) atoms. The summed E-state index contributed by atoms with van der Waals surface area (Å²) in [7, 11) is 0. The average molecular weight is 478 g/mol. The molecule has 0 spiro atoms. The zero-order valence-electron chi connectivity index (χ0n) is 20.8. The highest BCUT2D eigenvalue weighted by atomic mass is 16.5. The van der Waals surface area contributed by atoms with Crippen molar-refractivity contribution in [2.75, 3.05) is 32.8 Å². The Morgan fingerprint density at radius 2 is 1.63 bits per heavy atom. The molecule has 7 heteroatoms. The predicted octanol–water partition coefficient (Wildman–Crippen LogP) is 4.32. The highest BCUT2D eigenvalue weighted by Crippen LogP contribution is 2.38. The molecule has 7 nitrogen and oxygen atoms in total. The quantitative estimate of drug-likeness (QED) is 0.450. The molecule has 0 atom stereocenters. The van der Waals surface area contributed by atoms with Gasteiger partial charge in [-0.05, 0) is 47.7 Å². The van der Waals surface area contributed by atoms with Gasteiger partial charge in [-0.1, -0.05) is 38.1 Å². The van der Waals surface area contributed by atoms with Gasteiger partial charge in [0.25, 0.3) is 5.91 Å². The van der Waals surface area contributed by atoms with Crippen LogP contribution in [0.5, 0.6) is 11.5 Å². The van der Waals surface area contributed by atoms with Crippen LogP contribution in [0.15, 0.2) is 48.5 Å². The molecule has 1 aliphatic rings. The van der Waals surface area contributed by atoms with Crippen LogP contribution in [0.3, 0.4) is 0 Å². The smallest absolute Gasteiger partial charge is 0.267 e. The van der Waals surface area contributed by atoms with E-state index < -0.39 is 0 Å². The maximum absolute atomic E-state index is 12.8. The topological polar surface area (TPSA) is 87.0 Å². The Kier molecular flexibility index (Phi) is 7.78. The van der Waals surface area contributed by atoms with E-state index in [1.165, 1.54) is 11.6 Å². The summed E-state index contributed by atoms with van der Waals surface area (Å²) in [4.78, 5) is 15.2. The van der Waals surface area contributed by atoms with Crippen molar-refractivity contribution in [2.24, 2.45) is 0 Å². The van der Waals surface area contributed by atoms with Crippen LogP contribution in [-0.4, -0.2) is 58.4 Å². The first-order chi connectivity index (χ1) is 16.9. The van der Waals surface area contributed by atoms with Crippen LogP contribution in [0.4, 0.5) is 0 Å². The lowest BCUT2D eigenvalue weighted by Crippen LogP contribution is -2.35. The van der Waals surface area contributed by atoms with Gasteiger partial charge in [0.1, 0.15) is 17.2 Å². The SMILES string of the molecule is CCNC(=O)c1ccc(-c2cc(C(C)C)c(O)cc2O)n1Cc1ccc(CN2CCOCC2)cc1. The van der Waals surface area contributed by atoms with Gasteiger partial charge < -0.3 is 24.8 Å². The minimum atomic E-state index is -0.162. The van der Waals surface area contributed by atoms with Crippen molar-refractivity contribution in [1.29, 1.82) is 0 Å². The number of aromatic nitrogens is 1. The first-order valence-electron chi connectivity index (χ1n) is 12.3. The van der Waals surface area contributed by atoms with Crippen molar-refractivity contribution in [3.05, 3.63) is 70.9 Å². The van der Waals surface area contributed by atoms with Gasteiger partial charge >= 0.3 is 0 Å². The molecule has 0 aliphatic carbocycles. The highest BCUT2D eigenvalue weighted by molar-refractivity contribution is 5.94. The number of carbonyl (C=O) groups excluding carboxylic acids is 1. The minimum Gasteiger partial charge on any atom is -0.508 e. The molecule has 1 saturated heterocycles. The zero-order valence-corrected chi connectivity index (χ0v) is 20.8. The maximum atomic E-state index is 12.8. The van der Waals surface area contributed by atoms with Gasteiger partial charge in [-0.2, -0.15) is 0 Å². The Labute approximate surface area is 207 Å². The van der Waals surface area contributed by atoms with E-state index >= 15 is 0 Å². The van der Waals surface area contributed by atoms with Crippen LogP contribution in [0.1, 0.15) is 53.9 Å². The maximum Gasteiger partial charge on any atom is 0.267 e. The summed E-state index contributed by atoms with van der Waals surface area (Å²) in [6.45, 7) is 11.2. The van der Waals surface area contributed by atoms with Gasteiger partial charge in [0.2, 0.25) is 0 Å². The molecule has 1 fully saturated rings. The van der Waals surface area contributed by atoms with Crippen molar-refractivity contribution < 1.29 is 19.7 Å². The number of ether oxygens (including phenoxy) is 1. The summed E-state index contributed by atoms with van der Waals surface area (Å²) in [6.07, 6.45) is 0. The van der Waals surface area contributed by atoms with Gasteiger partial charge in [-0.15, -0.1) is 0 Å². The van der Waals surface area contributed by atoms with Gasteiger partial charge in [0.05, 0.1) is 18.9 Å². The Bertz CT molecular complexity index is 1160. The number of benzene rings is 2. The number of aromatic hydroxyl groups is 2. The van der Waals surface area contributed by atoms with Gasteiger partial charge in [-0.3, -0.25) is 9.69 Å². The van der Waals surface area contributed by atoms with E-state index in [1.807, 2.05) is 37.5 Å². The standard InChI is InChI=1S/C28H35N3O4/c1-4-29-28(34)25-10-9-24(23-15-22(19(2)3)26(32)16-27(23)33)31(25)18-21-7-5-20(6-8-21)17-30-11-13-35-14-12-30/h5-10,15-16,19,32-33H,4,11-14,17-18H2,1-3H3,(H,29,34). The fourth-order valence-corrected chi connectivity index (χ4v) is 4.53. The third-order valence-electron chi connectivity index (χ3n) is 6.47. The molecule has 3 N–H and O–H groups in total. The number of hydrogen-bond acceptors (Lipinski definition) is 5. The molecular weight excluding hydrogens is 442 g/mol. The number of nitrogens with one attached hydrogen (secondary N) is 1.